The number of nitrogens with zero attached hydrogens (tertiary/aromatic N) is 6. The first kappa shape index (κ1) is 17.5. The fraction of sp³-hybridized carbons (Fsp3) is 0.688. The molecule has 0 unspecified atom stereocenters. The number of hydrogen-bond donors (Lipinski definition) is 1. The van der Waals surface area contributed by atoms with Crippen molar-refractivity contribution in [3.05, 3.63) is 20.8 Å². The van der Waals surface area contributed by atoms with Crippen LogP contribution in [0.3, 0.4) is 0 Å². The van der Waals surface area contributed by atoms with E-state index in [1.54, 1.807) is 4.57 Å². The zero-order valence-corrected chi connectivity index (χ0v) is 15.0. The van der Waals surface area contributed by atoms with Crippen molar-refractivity contribution in [3.8, 4) is 0 Å². The summed E-state index contributed by atoms with van der Waals surface area (Å²) in [5.74, 6) is 0.319. The predicted octanol–water partition coefficient (Wildman–Crippen LogP) is 0.364. The maximum atomic E-state index is 12.6. The molecule has 0 amide bonds. The third kappa shape index (κ3) is 3.55. The molecular formula is C16H25N7O2. The van der Waals surface area contributed by atoms with Gasteiger partial charge in [0.2, 0.25) is 5.95 Å². The second kappa shape index (κ2) is 7.30. The lowest BCUT2D eigenvalue weighted by molar-refractivity contribution is 0.405. The van der Waals surface area contributed by atoms with Crippen LogP contribution in [0.2, 0.25) is 0 Å². The third-order valence-corrected chi connectivity index (χ3v) is 4.65. The number of fused-ring (bicyclic) bond motifs is 1. The van der Waals surface area contributed by atoms with E-state index in [2.05, 4.69) is 25.4 Å². The van der Waals surface area contributed by atoms with Gasteiger partial charge in [0.05, 0.1) is 0 Å². The fourth-order valence-electron chi connectivity index (χ4n) is 3.29. The van der Waals surface area contributed by atoms with Crippen molar-refractivity contribution in [2.24, 2.45) is 7.05 Å². The Bertz CT molecular complexity index is 865. The predicted molar refractivity (Wildman–Crippen MR) is 96.0 cm³/mol. The minimum absolute atomic E-state index is 0.0665. The lowest BCUT2D eigenvalue weighted by atomic mass is 10.2. The molecule has 1 aliphatic carbocycles. The Balaban J connectivity index is 1.96. The number of anilines is 1. The number of rotatable bonds is 6. The summed E-state index contributed by atoms with van der Waals surface area (Å²) in [6.45, 7) is 1.63. The first-order valence-corrected chi connectivity index (χ1v) is 8.73. The van der Waals surface area contributed by atoms with Gasteiger partial charge in [-0.25, -0.2) is 9.78 Å². The molecule has 0 aromatic carbocycles. The molecule has 1 fully saturated rings. The highest BCUT2D eigenvalue weighted by Crippen LogP contribution is 2.29. The van der Waals surface area contributed by atoms with Gasteiger partial charge in [-0.05, 0) is 39.9 Å². The molecule has 25 heavy (non-hydrogen) atoms. The average Bonchev–Trinajstić information content (AvgIpc) is 3.11. The Kier molecular flexibility index (Phi) is 5.12. The molecule has 2 aromatic heterocycles. The van der Waals surface area contributed by atoms with E-state index >= 15 is 0 Å². The van der Waals surface area contributed by atoms with Crippen molar-refractivity contribution < 1.29 is 0 Å². The normalized spacial score (nSPS) is 15.4. The van der Waals surface area contributed by atoms with Crippen molar-refractivity contribution in [2.45, 2.75) is 38.1 Å². The van der Waals surface area contributed by atoms with E-state index in [1.807, 2.05) is 14.1 Å². The smallest absolute Gasteiger partial charge is 0.332 e. The van der Waals surface area contributed by atoms with Crippen LogP contribution in [-0.2, 0) is 7.05 Å². The van der Waals surface area contributed by atoms with Gasteiger partial charge in [-0.1, -0.05) is 12.8 Å². The number of hydrogen-bond acceptors (Lipinski definition) is 7. The summed E-state index contributed by atoms with van der Waals surface area (Å²) in [5.41, 5.74) is -0.286. The summed E-state index contributed by atoms with van der Waals surface area (Å²) < 4.78 is 2.71. The third-order valence-electron chi connectivity index (χ3n) is 4.65. The van der Waals surface area contributed by atoms with Gasteiger partial charge in [0.25, 0.3) is 5.56 Å². The van der Waals surface area contributed by atoms with Crippen molar-refractivity contribution in [3.63, 3.8) is 0 Å². The van der Waals surface area contributed by atoms with Crippen molar-refractivity contribution >= 4 is 17.1 Å². The van der Waals surface area contributed by atoms with Crippen LogP contribution in [0.1, 0.15) is 38.1 Å². The minimum atomic E-state index is -0.430. The standard InChI is InChI=1S/C16H25N7O2/c1-21(2)10-6-9-17-15-18-12-13(19-20-15)23(11-7-4-5-8-11)16(25)22(3)14(12)24/h11H,4-10H2,1-3H3,(H,17,18,20). The summed E-state index contributed by atoms with van der Waals surface area (Å²) in [5, 5.41) is 11.3. The number of aromatic nitrogens is 5. The van der Waals surface area contributed by atoms with Crippen LogP contribution in [0.25, 0.3) is 11.2 Å². The van der Waals surface area contributed by atoms with Gasteiger partial charge in [-0.3, -0.25) is 13.9 Å². The fourth-order valence-corrected chi connectivity index (χ4v) is 3.29. The molecular weight excluding hydrogens is 322 g/mol. The topological polar surface area (TPSA) is 97.9 Å². The molecule has 1 N–H and O–H groups in total. The van der Waals surface area contributed by atoms with E-state index in [1.165, 1.54) is 7.05 Å². The van der Waals surface area contributed by atoms with Crippen LogP contribution < -0.4 is 16.6 Å². The SMILES string of the molecule is CN(C)CCCNc1nnc2c(n1)c(=O)n(C)c(=O)n2C1CCCC1. The molecule has 0 aliphatic heterocycles. The van der Waals surface area contributed by atoms with Crippen LogP contribution in [0.15, 0.2) is 9.59 Å². The van der Waals surface area contributed by atoms with Crippen LogP contribution >= 0.6 is 0 Å². The molecule has 3 rings (SSSR count). The molecule has 0 spiro atoms. The monoisotopic (exact) mass is 347 g/mol. The highest BCUT2D eigenvalue weighted by atomic mass is 16.2. The molecule has 0 bridgehead atoms. The Hall–Kier alpha value is -2.29. The lowest BCUT2D eigenvalue weighted by Crippen LogP contribution is -2.40. The maximum Gasteiger partial charge on any atom is 0.332 e. The molecule has 9 nitrogen and oxygen atoms in total. The molecule has 2 aromatic rings. The van der Waals surface area contributed by atoms with Crippen LogP contribution in [0.5, 0.6) is 0 Å². The highest BCUT2D eigenvalue weighted by Gasteiger charge is 2.24. The Morgan fingerprint density at radius 1 is 1.20 bits per heavy atom. The van der Waals surface area contributed by atoms with Gasteiger partial charge in [-0.15, -0.1) is 10.2 Å². The van der Waals surface area contributed by atoms with Crippen molar-refractivity contribution in [1.29, 1.82) is 0 Å². The quantitative estimate of drug-likeness (QED) is 0.754. The molecule has 136 valence electrons. The van der Waals surface area contributed by atoms with Crippen LogP contribution in [0, 0.1) is 0 Å². The van der Waals surface area contributed by atoms with Gasteiger partial charge >= 0.3 is 5.69 Å². The molecule has 0 saturated heterocycles. The Morgan fingerprint density at radius 3 is 2.60 bits per heavy atom. The molecule has 9 heteroatoms. The molecule has 2 heterocycles. The molecule has 1 aliphatic rings. The van der Waals surface area contributed by atoms with Gasteiger partial charge in [0, 0.05) is 19.6 Å². The lowest BCUT2D eigenvalue weighted by Gasteiger charge is -2.16. The highest BCUT2D eigenvalue weighted by molar-refractivity contribution is 5.69. The van der Waals surface area contributed by atoms with Crippen LogP contribution in [0.4, 0.5) is 5.95 Å². The first-order valence-electron chi connectivity index (χ1n) is 8.73. The summed E-state index contributed by atoms with van der Waals surface area (Å²) in [7, 11) is 5.52. The van der Waals surface area contributed by atoms with Gasteiger partial charge in [-0.2, -0.15) is 0 Å². The summed E-state index contributed by atoms with van der Waals surface area (Å²) in [6.07, 6.45) is 4.91. The van der Waals surface area contributed by atoms with E-state index in [0.29, 0.717) is 18.1 Å². The van der Waals surface area contributed by atoms with E-state index in [9.17, 15) is 9.59 Å². The second-order valence-electron chi connectivity index (χ2n) is 6.85. The van der Waals surface area contributed by atoms with Gasteiger partial charge in [0.1, 0.15) is 0 Å². The molecule has 0 atom stereocenters. The summed E-state index contributed by atoms with van der Waals surface area (Å²) in [4.78, 5) is 31.5. The summed E-state index contributed by atoms with van der Waals surface area (Å²) >= 11 is 0. The van der Waals surface area contributed by atoms with Gasteiger partial charge < -0.3 is 10.2 Å². The Labute approximate surface area is 145 Å². The largest absolute Gasteiger partial charge is 0.353 e. The summed E-state index contributed by atoms with van der Waals surface area (Å²) in [6, 6.07) is 0.0665. The second-order valence-corrected chi connectivity index (χ2v) is 6.85. The zero-order valence-electron chi connectivity index (χ0n) is 15.0. The van der Waals surface area contributed by atoms with E-state index in [0.717, 1.165) is 43.2 Å². The number of nitrogens with one attached hydrogen (secondary N) is 1. The Morgan fingerprint density at radius 2 is 1.92 bits per heavy atom. The van der Waals surface area contributed by atoms with Crippen molar-refractivity contribution in [2.75, 3.05) is 32.5 Å². The van der Waals surface area contributed by atoms with E-state index in [-0.39, 0.29) is 17.2 Å². The molecule has 1 saturated carbocycles. The zero-order chi connectivity index (χ0) is 18.0. The average molecular weight is 347 g/mol. The van der Waals surface area contributed by atoms with E-state index in [4.69, 9.17) is 0 Å². The van der Waals surface area contributed by atoms with E-state index < -0.39 is 5.56 Å². The minimum Gasteiger partial charge on any atom is -0.353 e. The van der Waals surface area contributed by atoms with Crippen LogP contribution in [-0.4, -0.2) is 56.4 Å². The maximum absolute atomic E-state index is 12.6. The van der Waals surface area contributed by atoms with Crippen molar-refractivity contribution in [1.82, 2.24) is 29.2 Å². The van der Waals surface area contributed by atoms with Gasteiger partial charge in [0.15, 0.2) is 11.2 Å². The first-order chi connectivity index (χ1) is 12.0. The molecule has 0 radical (unpaired) electrons.